The van der Waals surface area contributed by atoms with Crippen molar-refractivity contribution in [3.05, 3.63) is 59.7 Å². The van der Waals surface area contributed by atoms with Crippen LogP contribution in [-0.4, -0.2) is 54.3 Å². The molecule has 0 saturated carbocycles. The van der Waals surface area contributed by atoms with Crippen molar-refractivity contribution in [1.82, 2.24) is 4.90 Å². The molecule has 0 aliphatic carbocycles. The van der Waals surface area contributed by atoms with E-state index in [-0.39, 0.29) is 24.3 Å². The van der Waals surface area contributed by atoms with Gasteiger partial charge in [0.1, 0.15) is 6.54 Å². The molecular formula is C25H27N3O5. The summed E-state index contributed by atoms with van der Waals surface area (Å²) in [6.45, 7) is 4.20. The van der Waals surface area contributed by atoms with Gasteiger partial charge in [-0.3, -0.25) is 24.1 Å². The van der Waals surface area contributed by atoms with Crippen molar-refractivity contribution >= 4 is 35.1 Å². The summed E-state index contributed by atoms with van der Waals surface area (Å²) in [6, 6.07) is 14.5. The molecule has 2 aliphatic rings. The summed E-state index contributed by atoms with van der Waals surface area (Å²) < 4.78 is 5.49. The number of piperidine rings is 1. The van der Waals surface area contributed by atoms with E-state index in [0.29, 0.717) is 42.9 Å². The molecule has 2 aliphatic heterocycles. The van der Waals surface area contributed by atoms with Gasteiger partial charge in [0.05, 0.1) is 17.3 Å². The number of benzene rings is 2. The Morgan fingerprint density at radius 1 is 1.03 bits per heavy atom. The van der Waals surface area contributed by atoms with Gasteiger partial charge in [-0.15, -0.1) is 0 Å². The van der Waals surface area contributed by atoms with Crippen LogP contribution in [0.1, 0.15) is 35.7 Å². The molecule has 0 bridgehead atoms. The third-order valence-corrected chi connectivity index (χ3v) is 6.17. The van der Waals surface area contributed by atoms with Gasteiger partial charge >= 0.3 is 5.97 Å². The van der Waals surface area contributed by atoms with Gasteiger partial charge in [0.15, 0.2) is 6.10 Å². The predicted octanol–water partition coefficient (Wildman–Crippen LogP) is 2.76. The third kappa shape index (κ3) is 4.74. The first kappa shape index (κ1) is 22.5. The highest BCUT2D eigenvalue weighted by molar-refractivity contribution is 6.11. The molecule has 0 aromatic heterocycles. The first-order valence-electron chi connectivity index (χ1n) is 11.1. The fourth-order valence-corrected chi connectivity index (χ4v) is 4.27. The minimum absolute atomic E-state index is 0.0366. The van der Waals surface area contributed by atoms with Gasteiger partial charge in [0.25, 0.3) is 11.8 Å². The molecule has 2 heterocycles. The molecule has 4 rings (SSSR count). The molecule has 1 N–H and O–H groups in total. The van der Waals surface area contributed by atoms with E-state index in [1.165, 1.54) is 11.8 Å². The molecule has 0 unspecified atom stereocenters. The highest BCUT2D eigenvalue weighted by Gasteiger charge is 2.34. The number of anilines is 2. The monoisotopic (exact) mass is 449 g/mol. The number of rotatable bonds is 4. The normalized spacial score (nSPS) is 17.1. The Morgan fingerprint density at radius 3 is 2.42 bits per heavy atom. The Morgan fingerprint density at radius 2 is 1.70 bits per heavy atom. The van der Waals surface area contributed by atoms with Gasteiger partial charge in [0, 0.05) is 18.7 Å². The van der Waals surface area contributed by atoms with E-state index in [9.17, 15) is 19.2 Å². The van der Waals surface area contributed by atoms with Crippen molar-refractivity contribution in [2.75, 3.05) is 29.9 Å². The number of likely N-dealkylation sites (tertiary alicyclic amines) is 1. The minimum atomic E-state index is -1.02. The average molecular weight is 450 g/mol. The number of aryl methyl sites for hydroxylation is 1. The zero-order chi connectivity index (χ0) is 23.5. The fraction of sp³-hybridized carbons (Fsp3) is 0.360. The Bertz CT molecular complexity index is 1090. The van der Waals surface area contributed by atoms with Gasteiger partial charge in [-0.2, -0.15) is 0 Å². The van der Waals surface area contributed by atoms with Crippen molar-refractivity contribution < 1.29 is 23.9 Å². The van der Waals surface area contributed by atoms with Crippen LogP contribution >= 0.6 is 0 Å². The second kappa shape index (κ2) is 9.44. The number of hydrogen-bond acceptors (Lipinski definition) is 5. The number of hydrogen-bond donors (Lipinski definition) is 1. The van der Waals surface area contributed by atoms with Crippen molar-refractivity contribution in [2.24, 2.45) is 5.92 Å². The molecule has 0 spiro atoms. The van der Waals surface area contributed by atoms with Crippen LogP contribution in [0.15, 0.2) is 48.5 Å². The van der Waals surface area contributed by atoms with E-state index in [1.54, 1.807) is 29.2 Å². The zero-order valence-electron chi connectivity index (χ0n) is 18.7. The Balaban J connectivity index is 1.34. The summed E-state index contributed by atoms with van der Waals surface area (Å²) in [5.41, 5.74) is 2.72. The van der Waals surface area contributed by atoms with Crippen LogP contribution < -0.4 is 10.2 Å². The van der Waals surface area contributed by atoms with Crippen molar-refractivity contribution in [3.8, 4) is 0 Å². The third-order valence-electron chi connectivity index (χ3n) is 6.17. The maximum atomic E-state index is 13.0. The van der Waals surface area contributed by atoms with Gasteiger partial charge in [-0.1, -0.05) is 30.3 Å². The lowest BCUT2D eigenvalue weighted by atomic mass is 9.96. The second-order valence-corrected chi connectivity index (χ2v) is 8.45. The number of esters is 1. The molecule has 3 amide bonds. The van der Waals surface area contributed by atoms with Crippen LogP contribution in [0.2, 0.25) is 0 Å². The number of amides is 3. The molecule has 33 heavy (non-hydrogen) atoms. The lowest BCUT2D eigenvalue weighted by molar-refractivity contribution is -0.159. The average Bonchev–Trinajstić information content (AvgIpc) is 2.83. The highest BCUT2D eigenvalue weighted by Crippen LogP contribution is 2.30. The van der Waals surface area contributed by atoms with Gasteiger partial charge in [-0.05, 0) is 50.5 Å². The van der Waals surface area contributed by atoms with Gasteiger partial charge < -0.3 is 15.0 Å². The van der Waals surface area contributed by atoms with E-state index in [4.69, 9.17) is 4.74 Å². The summed E-state index contributed by atoms with van der Waals surface area (Å²) in [5, 5.41) is 2.73. The molecule has 1 fully saturated rings. The van der Waals surface area contributed by atoms with E-state index < -0.39 is 18.0 Å². The maximum Gasteiger partial charge on any atom is 0.309 e. The molecule has 2 aromatic rings. The van der Waals surface area contributed by atoms with Gasteiger partial charge in [-0.25, -0.2) is 0 Å². The van der Waals surface area contributed by atoms with Crippen LogP contribution in [-0.2, 0) is 19.1 Å². The van der Waals surface area contributed by atoms with Crippen molar-refractivity contribution in [1.29, 1.82) is 0 Å². The standard InChI is InChI=1S/C25H27N3O5/c1-16-7-3-4-8-19(16)24(31)27-13-11-18(12-14-27)25(32)33-17(2)23(30)28-15-22(29)26-20-9-5-6-10-21(20)28/h3-10,17-18H,11-15H2,1-2H3,(H,26,29)/t17-/m1/s1. The van der Waals surface area contributed by atoms with E-state index in [1.807, 2.05) is 31.2 Å². The zero-order valence-corrected chi connectivity index (χ0v) is 18.7. The summed E-state index contributed by atoms with van der Waals surface area (Å²) in [4.78, 5) is 53.6. The molecule has 8 nitrogen and oxygen atoms in total. The molecule has 1 atom stereocenters. The summed E-state index contributed by atoms with van der Waals surface area (Å²) in [6.07, 6.45) is -0.0679. The summed E-state index contributed by atoms with van der Waals surface area (Å²) >= 11 is 0. The van der Waals surface area contributed by atoms with E-state index in [2.05, 4.69) is 5.32 Å². The van der Waals surface area contributed by atoms with Crippen LogP contribution in [0, 0.1) is 12.8 Å². The number of carbonyl (C=O) groups excluding carboxylic acids is 4. The number of nitrogens with one attached hydrogen (secondary N) is 1. The number of carbonyl (C=O) groups is 4. The smallest absolute Gasteiger partial charge is 0.309 e. The molecular weight excluding hydrogens is 422 g/mol. The summed E-state index contributed by atoms with van der Waals surface area (Å²) in [5.74, 6) is -1.61. The van der Waals surface area contributed by atoms with Crippen LogP contribution in [0.3, 0.4) is 0 Å². The molecule has 0 radical (unpaired) electrons. The van der Waals surface area contributed by atoms with Crippen LogP contribution in [0.5, 0.6) is 0 Å². The molecule has 1 saturated heterocycles. The topological polar surface area (TPSA) is 96.0 Å². The van der Waals surface area contributed by atoms with Crippen LogP contribution in [0.4, 0.5) is 11.4 Å². The Labute approximate surface area is 192 Å². The first-order chi connectivity index (χ1) is 15.8. The van der Waals surface area contributed by atoms with Crippen molar-refractivity contribution in [3.63, 3.8) is 0 Å². The number of fused-ring (bicyclic) bond motifs is 1. The predicted molar refractivity (Wildman–Crippen MR) is 123 cm³/mol. The largest absolute Gasteiger partial charge is 0.452 e. The van der Waals surface area contributed by atoms with Crippen LogP contribution in [0.25, 0.3) is 0 Å². The Kier molecular flexibility index (Phi) is 6.44. The maximum absolute atomic E-state index is 13.0. The molecule has 2 aromatic carbocycles. The fourth-order valence-electron chi connectivity index (χ4n) is 4.27. The van der Waals surface area contributed by atoms with E-state index >= 15 is 0 Å². The SMILES string of the molecule is Cc1ccccc1C(=O)N1CCC(C(=O)O[C@H](C)C(=O)N2CC(=O)Nc3ccccc32)CC1. The van der Waals surface area contributed by atoms with Crippen molar-refractivity contribution in [2.45, 2.75) is 32.8 Å². The van der Waals surface area contributed by atoms with E-state index in [0.717, 1.165) is 5.56 Å². The van der Waals surface area contributed by atoms with Gasteiger partial charge in [0.2, 0.25) is 5.91 Å². The number of nitrogens with zero attached hydrogens (tertiary/aromatic N) is 2. The first-order valence-corrected chi connectivity index (χ1v) is 11.1. The Hall–Kier alpha value is -3.68. The number of ether oxygens (including phenoxy) is 1. The lowest BCUT2D eigenvalue weighted by Crippen LogP contribution is -2.47. The molecule has 8 heteroatoms. The summed E-state index contributed by atoms with van der Waals surface area (Å²) in [7, 11) is 0. The lowest BCUT2D eigenvalue weighted by Gasteiger charge is -2.33. The number of para-hydroxylation sites is 2. The second-order valence-electron chi connectivity index (χ2n) is 8.45. The highest BCUT2D eigenvalue weighted by atomic mass is 16.5. The minimum Gasteiger partial charge on any atom is -0.452 e. The quantitative estimate of drug-likeness (QED) is 0.724. The molecule has 172 valence electrons.